The van der Waals surface area contributed by atoms with E-state index in [1.165, 1.54) is 5.56 Å². The minimum atomic E-state index is -0.0494. The van der Waals surface area contributed by atoms with Crippen LogP contribution in [0.25, 0.3) is 0 Å². The molecule has 1 atom stereocenters. The standard InChI is InChI=1S/C23H25N3O/c1-4-26(22-12-8-9-17(2)13-22)23(27)20-14-21(16-24-15-20)25-18(3)19-10-6-5-7-11-19/h5-16,18,25H,4H2,1-3H3. The molecule has 2 aromatic carbocycles. The summed E-state index contributed by atoms with van der Waals surface area (Å²) in [6.07, 6.45) is 3.37. The Bertz CT molecular complexity index is 908. The third-order valence-corrected chi connectivity index (χ3v) is 4.54. The van der Waals surface area contributed by atoms with Gasteiger partial charge >= 0.3 is 0 Å². The minimum Gasteiger partial charge on any atom is -0.377 e. The van der Waals surface area contributed by atoms with Crippen LogP contribution in [-0.4, -0.2) is 17.4 Å². The van der Waals surface area contributed by atoms with Gasteiger partial charge in [0.15, 0.2) is 0 Å². The number of carbonyl (C=O) groups is 1. The average molecular weight is 359 g/mol. The predicted octanol–water partition coefficient (Wildman–Crippen LogP) is 5.23. The summed E-state index contributed by atoms with van der Waals surface area (Å²) >= 11 is 0. The number of hydrogen-bond acceptors (Lipinski definition) is 3. The molecular formula is C23H25N3O. The Morgan fingerprint density at radius 1 is 1.07 bits per heavy atom. The number of rotatable bonds is 6. The first kappa shape index (κ1) is 18.6. The normalized spacial score (nSPS) is 11.7. The van der Waals surface area contributed by atoms with E-state index < -0.39 is 0 Å². The van der Waals surface area contributed by atoms with Gasteiger partial charge in [-0.1, -0.05) is 42.5 Å². The van der Waals surface area contributed by atoms with Crippen molar-refractivity contribution in [2.75, 3.05) is 16.8 Å². The number of benzene rings is 2. The maximum Gasteiger partial charge on any atom is 0.259 e. The number of anilines is 2. The number of pyridine rings is 1. The number of nitrogens with one attached hydrogen (secondary N) is 1. The molecule has 0 saturated carbocycles. The molecule has 1 amide bonds. The van der Waals surface area contributed by atoms with E-state index in [0.29, 0.717) is 12.1 Å². The Labute approximate surface area is 160 Å². The Kier molecular flexibility index (Phi) is 5.87. The van der Waals surface area contributed by atoms with E-state index in [2.05, 4.69) is 29.4 Å². The fraction of sp³-hybridized carbons (Fsp3) is 0.217. The molecule has 4 heteroatoms. The third kappa shape index (κ3) is 4.53. The van der Waals surface area contributed by atoms with Crippen molar-refractivity contribution in [3.8, 4) is 0 Å². The summed E-state index contributed by atoms with van der Waals surface area (Å²) < 4.78 is 0. The van der Waals surface area contributed by atoms with Gasteiger partial charge in [0.1, 0.15) is 0 Å². The van der Waals surface area contributed by atoms with Gasteiger partial charge < -0.3 is 10.2 Å². The Hall–Kier alpha value is -3.14. The summed E-state index contributed by atoms with van der Waals surface area (Å²) in [7, 11) is 0. The number of hydrogen-bond donors (Lipinski definition) is 1. The van der Waals surface area contributed by atoms with E-state index in [1.54, 1.807) is 17.3 Å². The zero-order chi connectivity index (χ0) is 19.2. The van der Waals surface area contributed by atoms with Gasteiger partial charge in [0.05, 0.1) is 11.3 Å². The summed E-state index contributed by atoms with van der Waals surface area (Å²) in [5, 5.41) is 3.43. The molecule has 0 aliphatic carbocycles. The van der Waals surface area contributed by atoms with Crippen LogP contribution in [0.15, 0.2) is 73.1 Å². The summed E-state index contributed by atoms with van der Waals surface area (Å²) in [5.41, 5.74) is 4.62. The summed E-state index contributed by atoms with van der Waals surface area (Å²) in [6.45, 7) is 6.70. The smallest absolute Gasteiger partial charge is 0.259 e. The first-order chi connectivity index (χ1) is 13.1. The third-order valence-electron chi connectivity index (χ3n) is 4.54. The first-order valence-corrected chi connectivity index (χ1v) is 9.23. The van der Waals surface area contributed by atoms with Gasteiger partial charge in [-0.15, -0.1) is 0 Å². The molecular weight excluding hydrogens is 334 g/mol. The van der Waals surface area contributed by atoms with Gasteiger partial charge in [0.25, 0.3) is 5.91 Å². The van der Waals surface area contributed by atoms with Crippen LogP contribution in [0.5, 0.6) is 0 Å². The summed E-state index contributed by atoms with van der Waals surface area (Å²) in [4.78, 5) is 19.1. The summed E-state index contributed by atoms with van der Waals surface area (Å²) in [5.74, 6) is -0.0494. The first-order valence-electron chi connectivity index (χ1n) is 9.23. The van der Waals surface area contributed by atoms with E-state index in [1.807, 2.05) is 62.4 Å². The highest BCUT2D eigenvalue weighted by atomic mass is 16.2. The number of carbonyl (C=O) groups excluding carboxylic acids is 1. The Morgan fingerprint density at radius 2 is 1.85 bits per heavy atom. The van der Waals surface area contributed by atoms with Crippen LogP contribution >= 0.6 is 0 Å². The van der Waals surface area contributed by atoms with Crippen molar-refractivity contribution in [1.82, 2.24) is 4.98 Å². The van der Waals surface area contributed by atoms with Crippen LogP contribution in [0.1, 0.15) is 41.4 Å². The molecule has 0 fully saturated rings. The monoisotopic (exact) mass is 359 g/mol. The molecule has 3 aromatic rings. The molecule has 0 spiro atoms. The van der Waals surface area contributed by atoms with E-state index in [-0.39, 0.29) is 11.9 Å². The molecule has 1 unspecified atom stereocenters. The molecule has 4 nitrogen and oxygen atoms in total. The molecule has 1 N–H and O–H groups in total. The molecule has 1 aromatic heterocycles. The van der Waals surface area contributed by atoms with E-state index >= 15 is 0 Å². The number of aryl methyl sites for hydroxylation is 1. The van der Waals surface area contributed by atoms with Gasteiger partial charge in [-0.25, -0.2) is 0 Å². The second-order valence-corrected chi connectivity index (χ2v) is 6.63. The number of aromatic nitrogens is 1. The highest BCUT2D eigenvalue weighted by Crippen LogP contribution is 2.22. The lowest BCUT2D eigenvalue weighted by Gasteiger charge is -2.22. The van der Waals surface area contributed by atoms with E-state index in [0.717, 1.165) is 16.9 Å². The van der Waals surface area contributed by atoms with Gasteiger partial charge in [-0.05, 0) is 50.1 Å². The Morgan fingerprint density at radius 3 is 2.56 bits per heavy atom. The lowest BCUT2D eigenvalue weighted by atomic mass is 10.1. The molecule has 1 heterocycles. The molecule has 0 radical (unpaired) electrons. The zero-order valence-electron chi connectivity index (χ0n) is 16.0. The Balaban J connectivity index is 1.80. The van der Waals surface area contributed by atoms with Crippen molar-refractivity contribution in [1.29, 1.82) is 0 Å². The molecule has 0 saturated heterocycles. The van der Waals surface area contributed by atoms with Crippen LogP contribution in [0.2, 0.25) is 0 Å². The number of nitrogens with zero attached hydrogens (tertiary/aromatic N) is 2. The molecule has 0 bridgehead atoms. The van der Waals surface area contributed by atoms with Crippen molar-refractivity contribution in [3.05, 3.63) is 89.7 Å². The second kappa shape index (κ2) is 8.49. The second-order valence-electron chi connectivity index (χ2n) is 6.63. The topological polar surface area (TPSA) is 45.2 Å². The highest BCUT2D eigenvalue weighted by molar-refractivity contribution is 6.06. The van der Waals surface area contributed by atoms with Crippen molar-refractivity contribution >= 4 is 17.3 Å². The molecule has 0 aliphatic rings. The molecule has 27 heavy (non-hydrogen) atoms. The fourth-order valence-electron chi connectivity index (χ4n) is 3.11. The van der Waals surface area contributed by atoms with Crippen LogP contribution in [-0.2, 0) is 0 Å². The van der Waals surface area contributed by atoms with Crippen molar-refractivity contribution in [2.24, 2.45) is 0 Å². The van der Waals surface area contributed by atoms with Gasteiger partial charge in [0.2, 0.25) is 0 Å². The van der Waals surface area contributed by atoms with Gasteiger partial charge in [-0.3, -0.25) is 9.78 Å². The predicted molar refractivity (Wildman–Crippen MR) is 111 cm³/mol. The van der Waals surface area contributed by atoms with Crippen LogP contribution in [0, 0.1) is 6.92 Å². The molecule has 138 valence electrons. The number of amides is 1. The van der Waals surface area contributed by atoms with Crippen molar-refractivity contribution in [3.63, 3.8) is 0 Å². The van der Waals surface area contributed by atoms with Crippen LogP contribution < -0.4 is 10.2 Å². The van der Waals surface area contributed by atoms with E-state index in [9.17, 15) is 4.79 Å². The largest absolute Gasteiger partial charge is 0.377 e. The minimum absolute atomic E-state index is 0.0494. The van der Waals surface area contributed by atoms with Gasteiger partial charge in [-0.2, -0.15) is 0 Å². The maximum atomic E-state index is 13.1. The van der Waals surface area contributed by atoms with Crippen molar-refractivity contribution in [2.45, 2.75) is 26.8 Å². The zero-order valence-corrected chi connectivity index (χ0v) is 16.0. The SMILES string of the molecule is CCN(C(=O)c1cncc(NC(C)c2ccccc2)c1)c1cccc(C)c1. The van der Waals surface area contributed by atoms with Crippen LogP contribution in [0.4, 0.5) is 11.4 Å². The van der Waals surface area contributed by atoms with Gasteiger partial charge in [0, 0.05) is 30.7 Å². The molecule has 3 rings (SSSR count). The quantitative estimate of drug-likeness (QED) is 0.655. The lowest BCUT2D eigenvalue weighted by molar-refractivity contribution is 0.0988. The lowest BCUT2D eigenvalue weighted by Crippen LogP contribution is -2.30. The maximum absolute atomic E-state index is 13.1. The molecule has 0 aliphatic heterocycles. The average Bonchev–Trinajstić information content (AvgIpc) is 2.69. The fourth-order valence-corrected chi connectivity index (χ4v) is 3.11. The van der Waals surface area contributed by atoms with Crippen LogP contribution in [0.3, 0.4) is 0 Å². The summed E-state index contributed by atoms with van der Waals surface area (Å²) in [6, 6.07) is 20.2. The van der Waals surface area contributed by atoms with E-state index in [4.69, 9.17) is 0 Å². The highest BCUT2D eigenvalue weighted by Gasteiger charge is 2.17. The van der Waals surface area contributed by atoms with Crippen molar-refractivity contribution < 1.29 is 4.79 Å².